The van der Waals surface area contributed by atoms with Crippen LogP contribution in [0.15, 0.2) is 45.8 Å². The van der Waals surface area contributed by atoms with Crippen molar-refractivity contribution in [3.05, 3.63) is 63.1 Å². The van der Waals surface area contributed by atoms with E-state index in [2.05, 4.69) is 15.9 Å². The van der Waals surface area contributed by atoms with Gasteiger partial charge in [0.05, 0.1) is 4.90 Å². The summed E-state index contributed by atoms with van der Waals surface area (Å²) in [6, 6.07) is 10.2. The van der Waals surface area contributed by atoms with Crippen LogP contribution in [-0.2, 0) is 21.1 Å². The number of sulfone groups is 1. The van der Waals surface area contributed by atoms with Crippen LogP contribution in [0.5, 0.6) is 0 Å². The fourth-order valence-corrected chi connectivity index (χ4v) is 5.14. The van der Waals surface area contributed by atoms with Gasteiger partial charge in [0.15, 0.2) is 0 Å². The lowest BCUT2D eigenvalue weighted by molar-refractivity contribution is -0.140. The fraction of sp³-hybridized carbons (Fsp3) is 0.278. The molecule has 2 rings (SSSR count). The van der Waals surface area contributed by atoms with Gasteiger partial charge < -0.3 is 10.8 Å². The van der Waals surface area contributed by atoms with Gasteiger partial charge >= 0.3 is 5.97 Å². The quantitative estimate of drug-likeness (QED) is 0.766. The number of rotatable bonds is 5. The minimum atomic E-state index is -4.32. The first-order valence-corrected chi connectivity index (χ1v) is 9.86. The summed E-state index contributed by atoms with van der Waals surface area (Å²) in [4.78, 5) is 9.42. The Morgan fingerprint density at radius 3 is 2.04 bits per heavy atom. The highest BCUT2D eigenvalue weighted by atomic mass is 79.9. The molecule has 1 atom stereocenters. The zero-order valence-electron chi connectivity index (χ0n) is 14.2. The average molecular weight is 426 g/mol. The van der Waals surface area contributed by atoms with E-state index in [1.165, 1.54) is 0 Å². The van der Waals surface area contributed by atoms with E-state index in [1.54, 1.807) is 50.2 Å². The third kappa shape index (κ3) is 3.63. The molecule has 7 heteroatoms. The normalized spacial score (nSPS) is 14.1. The molecule has 0 aromatic heterocycles. The highest BCUT2D eigenvalue weighted by molar-refractivity contribution is 9.10. The second-order valence-electron chi connectivity index (χ2n) is 6.23. The number of benzene rings is 2. The molecule has 5 nitrogen and oxygen atoms in total. The number of carbonyl (C=O) groups is 1. The molecule has 0 bridgehead atoms. The standard InChI is InChI=1S/C18H20BrNO4S/c1-11-8-12(2)16(13(3)9-11)25(23,24)18(20,17(21)22)10-14-4-6-15(19)7-5-14/h4-9H,10,20H2,1-3H3,(H,21,22). The Bertz CT molecular complexity index is 900. The van der Waals surface area contributed by atoms with Gasteiger partial charge in [0.1, 0.15) is 0 Å². The fourth-order valence-electron chi connectivity index (χ4n) is 2.96. The van der Waals surface area contributed by atoms with Gasteiger partial charge in [-0.05, 0) is 49.6 Å². The van der Waals surface area contributed by atoms with Gasteiger partial charge in [-0.15, -0.1) is 0 Å². The van der Waals surface area contributed by atoms with E-state index in [9.17, 15) is 18.3 Å². The lowest BCUT2D eigenvalue weighted by Gasteiger charge is -2.27. The zero-order valence-corrected chi connectivity index (χ0v) is 16.6. The predicted molar refractivity (Wildman–Crippen MR) is 100 cm³/mol. The van der Waals surface area contributed by atoms with Gasteiger partial charge in [0, 0.05) is 10.9 Å². The molecule has 0 aliphatic heterocycles. The Kier molecular flexibility index (Phi) is 5.41. The molecule has 0 amide bonds. The van der Waals surface area contributed by atoms with Crippen LogP contribution in [0.25, 0.3) is 0 Å². The summed E-state index contributed by atoms with van der Waals surface area (Å²) in [7, 11) is -4.32. The maximum atomic E-state index is 13.2. The highest BCUT2D eigenvalue weighted by Gasteiger charge is 2.49. The molecule has 0 radical (unpaired) electrons. The molecule has 1 unspecified atom stereocenters. The summed E-state index contributed by atoms with van der Waals surface area (Å²) in [5.41, 5.74) is 8.41. The second kappa shape index (κ2) is 6.90. The maximum Gasteiger partial charge on any atom is 0.340 e. The molecule has 0 saturated carbocycles. The van der Waals surface area contributed by atoms with Crippen molar-refractivity contribution in [1.29, 1.82) is 0 Å². The topological polar surface area (TPSA) is 97.5 Å². The number of nitrogens with two attached hydrogens (primary N) is 1. The van der Waals surface area contributed by atoms with Crippen molar-refractivity contribution < 1.29 is 18.3 Å². The van der Waals surface area contributed by atoms with Crippen LogP contribution in [0.1, 0.15) is 22.3 Å². The molecule has 3 N–H and O–H groups in total. The van der Waals surface area contributed by atoms with Crippen molar-refractivity contribution in [2.45, 2.75) is 37.0 Å². The SMILES string of the molecule is Cc1cc(C)c(S(=O)(=O)C(N)(Cc2ccc(Br)cc2)C(=O)O)c(C)c1. The third-order valence-electron chi connectivity index (χ3n) is 4.09. The van der Waals surface area contributed by atoms with Crippen LogP contribution in [-0.4, -0.2) is 24.4 Å². The van der Waals surface area contributed by atoms with Crippen LogP contribution < -0.4 is 5.73 Å². The number of halogens is 1. The second-order valence-corrected chi connectivity index (χ2v) is 9.29. The molecule has 0 heterocycles. The molecular weight excluding hydrogens is 406 g/mol. The third-order valence-corrected chi connectivity index (χ3v) is 7.08. The van der Waals surface area contributed by atoms with E-state index in [0.717, 1.165) is 10.0 Å². The molecule has 0 aliphatic carbocycles. The van der Waals surface area contributed by atoms with Crippen molar-refractivity contribution in [3.8, 4) is 0 Å². The van der Waals surface area contributed by atoms with Crippen LogP contribution in [0, 0.1) is 20.8 Å². The van der Waals surface area contributed by atoms with Crippen molar-refractivity contribution in [1.82, 2.24) is 0 Å². The monoisotopic (exact) mass is 425 g/mol. The number of carboxylic acid groups (broad SMARTS) is 1. The summed E-state index contributed by atoms with van der Waals surface area (Å²) >= 11 is 3.29. The number of hydrogen-bond donors (Lipinski definition) is 2. The number of carboxylic acids is 1. The van der Waals surface area contributed by atoms with E-state index in [-0.39, 0.29) is 11.3 Å². The van der Waals surface area contributed by atoms with Gasteiger partial charge in [-0.3, -0.25) is 0 Å². The minimum Gasteiger partial charge on any atom is -0.479 e. The van der Waals surface area contributed by atoms with E-state index >= 15 is 0 Å². The number of aliphatic carboxylic acids is 1. The lowest BCUT2D eigenvalue weighted by Crippen LogP contribution is -2.56. The molecule has 0 saturated heterocycles. The zero-order chi connectivity index (χ0) is 19.0. The molecule has 0 aliphatic rings. The molecule has 2 aromatic rings. The molecule has 134 valence electrons. The lowest BCUT2D eigenvalue weighted by atomic mass is 10.1. The Morgan fingerprint density at radius 2 is 1.60 bits per heavy atom. The van der Waals surface area contributed by atoms with Gasteiger partial charge in [-0.1, -0.05) is 45.8 Å². The largest absolute Gasteiger partial charge is 0.479 e. The van der Waals surface area contributed by atoms with Gasteiger partial charge in [0.2, 0.25) is 14.7 Å². The Morgan fingerprint density at radius 1 is 1.12 bits per heavy atom. The Balaban J connectivity index is 2.63. The predicted octanol–water partition coefficient (Wildman–Crippen LogP) is 3.13. The van der Waals surface area contributed by atoms with Crippen LogP contribution in [0.2, 0.25) is 0 Å². The minimum absolute atomic E-state index is 0.0138. The van der Waals surface area contributed by atoms with Gasteiger partial charge in [0.25, 0.3) is 0 Å². The molecular formula is C18H20BrNO4S. The number of aryl methyl sites for hydroxylation is 3. The summed E-state index contributed by atoms with van der Waals surface area (Å²) in [5, 5.41) is 9.67. The van der Waals surface area contributed by atoms with Gasteiger partial charge in [-0.2, -0.15) is 0 Å². The first kappa shape index (κ1) is 19.6. The van der Waals surface area contributed by atoms with Crippen molar-refractivity contribution in [2.24, 2.45) is 5.73 Å². The van der Waals surface area contributed by atoms with Crippen molar-refractivity contribution in [3.63, 3.8) is 0 Å². The summed E-state index contributed by atoms with van der Waals surface area (Å²) < 4.78 is 27.2. The molecule has 25 heavy (non-hydrogen) atoms. The van der Waals surface area contributed by atoms with Crippen LogP contribution in [0.3, 0.4) is 0 Å². The smallest absolute Gasteiger partial charge is 0.340 e. The molecule has 0 spiro atoms. The van der Waals surface area contributed by atoms with Crippen molar-refractivity contribution >= 4 is 31.7 Å². The summed E-state index contributed by atoms with van der Waals surface area (Å²) in [6.45, 7) is 5.15. The van der Waals surface area contributed by atoms with Gasteiger partial charge in [-0.25, -0.2) is 13.2 Å². The Hall–Kier alpha value is -1.70. The first-order valence-electron chi connectivity index (χ1n) is 7.58. The van der Waals surface area contributed by atoms with Crippen molar-refractivity contribution in [2.75, 3.05) is 0 Å². The summed E-state index contributed by atoms with van der Waals surface area (Å²) in [6.07, 6.45) is -0.329. The van der Waals surface area contributed by atoms with E-state index in [1.807, 2.05) is 6.92 Å². The highest BCUT2D eigenvalue weighted by Crippen LogP contribution is 2.31. The van der Waals surface area contributed by atoms with E-state index in [4.69, 9.17) is 5.73 Å². The Labute approximate surface area is 155 Å². The average Bonchev–Trinajstić information content (AvgIpc) is 2.47. The summed E-state index contributed by atoms with van der Waals surface area (Å²) in [5.74, 6) is -1.57. The molecule has 2 aromatic carbocycles. The van der Waals surface area contributed by atoms with E-state index < -0.39 is 20.7 Å². The van der Waals surface area contributed by atoms with Crippen LogP contribution >= 0.6 is 15.9 Å². The first-order chi connectivity index (χ1) is 11.5. The molecule has 0 fully saturated rings. The maximum absolute atomic E-state index is 13.2. The number of hydrogen-bond acceptors (Lipinski definition) is 4. The van der Waals surface area contributed by atoms with E-state index in [0.29, 0.717) is 16.7 Å². The van der Waals surface area contributed by atoms with Crippen LogP contribution in [0.4, 0.5) is 0 Å².